The third kappa shape index (κ3) is 4.15. The number of benzene rings is 1. The van der Waals surface area contributed by atoms with Crippen LogP contribution >= 0.6 is 23.2 Å². The van der Waals surface area contributed by atoms with Crippen LogP contribution in [0.3, 0.4) is 0 Å². The normalized spacial score (nSPS) is 11.4. The number of rotatable bonds is 5. The first-order valence-corrected chi connectivity index (χ1v) is 6.61. The van der Waals surface area contributed by atoms with Gasteiger partial charge in [-0.15, -0.1) is 0 Å². The fourth-order valence-corrected chi connectivity index (χ4v) is 2.38. The average Bonchev–Trinajstić information content (AvgIpc) is 2.19. The maximum absolute atomic E-state index is 11.4. The van der Waals surface area contributed by atoms with Crippen molar-refractivity contribution in [3.63, 3.8) is 0 Å². The molecule has 0 aliphatic carbocycles. The second-order valence-electron chi connectivity index (χ2n) is 2.91. The van der Waals surface area contributed by atoms with Gasteiger partial charge in [-0.05, 0) is 18.2 Å². The van der Waals surface area contributed by atoms with E-state index < -0.39 is 10.2 Å². The summed E-state index contributed by atoms with van der Waals surface area (Å²) in [4.78, 5) is 0. The Balaban J connectivity index is 2.80. The number of hydrogen-bond donors (Lipinski definition) is 3. The largest absolute Gasteiger partial charge is 0.329 e. The van der Waals surface area contributed by atoms with Crippen LogP contribution in [0.2, 0.25) is 10.0 Å². The highest BCUT2D eigenvalue weighted by atomic mass is 35.5. The molecule has 0 bridgehead atoms. The minimum atomic E-state index is -3.64. The van der Waals surface area contributed by atoms with Crippen molar-refractivity contribution in [3.8, 4) is 0 Å². The van der Waals surface area contributed by atoms with Gasteiger partial charge in [0.1, 0.15) is 0 Å². The predicted octanol–water partition coefficient (Wildman–Crippen LogP) is 1.20. The van der Waals surface area contributed by atoms with E-state index in [2.05, 4.69) is 9.44 Å². The minimum absolute atomic E-state index is 0.153. The summed E-state index contributed by atoms with van der Waals surface area (Å²) in [6.45, 7) is 0.371. The van der Waals surface area contributed by atoms with E-state index in [0.29, 0.717) is 5.02 Å². The standard InChI is InChI=1S/C8H11Cl2N3O2S/c9-6-1-2-8(7(10)5-6)13-16(14,15)12-4-3-11/h1-2,5,12-13H,3-4,11H2. The van der Waals surface area contributed by atoms with Gasteiger partial charge in [0.15, 0.2) is 0 Å². The van der Waals surface area contributed by atoms with Crippen LogP contribution in [0.1, 0.15) is 0 Å². The number of nitrogens with two attached hydrogens (primary N) is 1. The zero-order valence-corrected chi connectivity index (χ0v) is 10.5. The fourth-order valence-electron chi connectivity index (χ4n) is 0.946. The molecule has 4 N–H and O–H groups in total. The highest BCUT2D eigenvalue weighted by molar-refractivity contribution is 7.90. The maximum atomic E-state index is 11.4. The molecular formula is C8H11Cl2N3O2S. The van der Waals surface area contributed by atoms with Gasteiger partial charge in [0.25, 0.3) is 10.2 Å². The second-order valence-corrected chi connectivity index (χ2v) is 5.26. The first-order chi connectivity index (χ1) is 7.44. The third-order valence-corrected chi connectivity index (χ3v) is 3.23. The smallest absolute Gasteiger partial charge is 0.299 e. The van der Waals surface area contributed by atoms with E-state index >= 15 is 0 Å². The van der Waals surface area contributed by atoms with Crippen molar-refractivity contribution >= 4 is 39.1 Å². The van der Waals surface area contributed by atoms with Crippen molar-refractivity contribution in [1.29, 1.82) is 0 Å². The Morgan fingerprint density at radius 1 is 1.31 bits per heavy atom. The molecule has 90 valence electrons. The van der Waals surface area contributed by atoms with Crippen LogP contribution in [-0.4, -0.2) is 21.5 Å². The molecule has 0 fully saturated rings. The molecule has 1 rings (SSSR count). The molecule has 0 unspecified atom stereocenters. The van der Waals surface area contributed by atoms with E-state index in [4.69, 9.17) is 28.9 Å². The van der Waals surface area contributed by atoms with E-state index in [-0.39, 0.29) is 23.8 Å². The Labute approximate surface area is 104 Å². The van der Waals surface area contributed by atoms with Gasteiger partial charge < -0.3 is 5.73 Å². The Hall–Kier alpha value is -0.530. The summed E-state index contributed by atoms with van der Waals surface area (Å²) in [5, 5.41) is 0.661. The van der Waals surface area contributed by atoms with E-state index in [1.165, 1.54) is 18.2 Å². The van der Waals surface area contributed by atoms with Crippen molar-refractivity contribution in [2.75, 3.05) is 17.8 Å². The molecule has 0 saturated heterocycles. The van der Waals surface area contributed by atoms with Crippen LogP contribution in [0.25, 0.3) is 0 Å². The van der Waals surface area contributed by atoms with Gasteiger partial charge in [0, 0.05) is 18.1 Å². The van der Waals surface area contributed by atoms with Gasteiger partial charge in [-0.2, -0.15) is 13.1 Å². The summed E-state index contributed by atoms with van der Waals surface area (Å²) < 4.78 is 27.4. The van der Waals surface area contributed by atoms with Crippen molar-refractivity contribution in [1.82, 2.24) is 4.72 Å². The molecule has 8 heteroatoms. The molecule has 0 heterocycles. The molecular weight excluding hydrogens is 273 g/mol. The highest BCUT2D eigenvalue weighted by Gasteiger charge is 2.10. The Kier molecular flexibility index (Phi) is 4.82. The molecule has 1 aromatic rings. The lowest BCUT2D eigenvalue weighted by molar-refractivity contribution is 0.587. The average molecular weight is 284 g/mol. The Morgan fingerprint density at radius 3 is 2.56 bits per heavy atom. The van der Waals surface area contributed by atoms with Crippen molar-refractivity contribution < 1.29 is 8.42 Å². The molecule has 0 radical (unpaired) electrons. The van der Waals surface area contributed by atoms with Crippen molar-refractivity contribution in [3.05, 3.63) is 28.2 Å². The molecule has 0 aromatic heterocycles. The molecule has 0 spiro atoms. The van der Waals surface area contributed by atoms with Crippen LogP contribution in [0, 0.1) is 0 Å². The molecule has 0 aliphatic heterocycles. The van der Waals surface area contributed by atoms with Crippen LogP contribution in [-0.2, 0) is 10.2 Å². The first-order valence-electron chi connectivity index (χ1n) is 4.37. The lowest BCUT2D eigenvalue weighted by Crippen LogP contribution is -2.34. The molecule has 0 saturated carbocycles. The fraction of sp³-hybridized carbons (Fsp3) is 0.250. The van der Waals surface area contributed by atoms with Crippen LogP contribution in [0.4, 0.5) is 5.69 Å². The molecule has 0 amide bonds. The Bertz CT molecular complexity index is 464. The van der Waals surface area contributed by atoms with Crippen LogP contribution in [0.5, 0.6) is 0 Å². The second kappa shape index (κ2) is 5.70. The molecule has 0 atom stereocenters. The number of hydrogen-bond acceptors (Lipinski definition) is 3. The van der Waals surface area contributed by atoms with Crippen molar-refractivity contribution in [2.24, 2.45) is 5.73 Å². The maximum Gasteiger partial charge on any atom is 0.299 e. The van der Waals surface area contributed by atoms with Gasteiger partial charge >= 0.3 is 0 Å². The summed E-state index contributed by atoms with van der Waals surface area (Å²) in [5.74, 6) is 0. The topological polar surface area (TPSA) is 84.2 Å². The van der Waals surface area contributed by atoms with Gasteiger partial charge in [-0.3, -0.25) is 4.72 Å². The molecule has 1 aromatic carbocycles. The predicted molar refractivity (Wildman–Crippen MR) is 66.1 cm³/mol. The first kappa shape index (κ1) is 13.5. The summed E-state index contributed by atoms with van der Waals surface area (Å²) in [6.07, 6.45) is 0. The molecule has 16 heavy (non-hydrogen) atoms. The zero-order valence-electron chi connectivity index (χ0n) is 8.20. The lowest BCUT2D eigenvalue weighted by Gasteiger charge is -2.09. The van der Waals surface area contributed by atoms with E-state index in [1.54, 1.807) is 0 Å². The zero-order chi connectivity index (χ0) is 12.2. The monoisotopic (exact) mass is 283 g/mol. The van der Waals surface area contributed by atoms with Gasteiger partial charge in [-0.1, -0.05) is 23.2 Å². The summed E-state index contributed by atoms with van der Waals surface area (Å²) >= 11 is 11.5. The van der Waals surface area contributed by atoms with Crippen molar-refractivity contribution in [2.45, 2.75) is 0 Å². The minimum Gasteiger partial charge on any atom is -0.329 e. The van der Waals surface area contributed by atoms with E-state index in [0.717, 1.165) is 0 Å². The molecule has 5 nitrogen and oxygen atoms in total. The lowest BCUT2D eigenvalue weighted by atomic mass is 10.3. The van der Waals surface area contributed by atoms with Gasteiger partial charge in [-0.25, -0.2) is 0 Å². The highest BCUT2D eigenvalue weighted by Crippen LogP contribution is 2.25. The summed E-state index contributed by atoms with van der Waals surface area (Å²) in [5.41, 5.74) is 5.44. The number of anilines is 1. The van der Waals surface area contributed by atoms with Crippen LogP contribution in [0.15, 0.2) is 18.2 Å². The number of nitrogens with one attached hydrogen (secondary N) is 2. The van der Waals surface area contributed by atoms with Gasteiger partial charge in [0.2, 0.25) is 0 Å². The number of halogens is 2. The molecule has 0 aliphatic rings. The van der Waals surface area contributed by atoms with Gasteiger partial charge in [0.05, 0.1) is 10.7 Å². The quantitative estimate of drug-likeness (QED) is 0.759. The SMILES string of the molecule is NCCNS(=O)(=O)Nc1ccc(Cl)cc1Cl. The van der Waals surface area contributed by atoms with E-state index in [9.17, 15) is 8.42 Å². The summed E-state index contributed by atoms with van der Waals surface area (Å²) in [7, 11) is -3.64. The third-order valence-electron chi connectivity index (χ3n) is 1.61. The Morgan fingerprint density at radius 2 is 2.00 bits per heavy atom. The van der Waals surface area contributed by atoms with Crippen LogP contribution < -0.4 is 15.2 Å². The van der Waals surface area contributed by atoms with E-state index in [1.807, 2.05) is 0 Å². The summed E-state index contributed by atoms with van der Waals surface area (Å²) in [6, 6.07) is 4.46.